The van der Waals surface area contributed by atoms with Crippen LogP contribution < -0.4 is 14.4 Å². The van der Waals surface area contributed by atoms with E-state index < -0.39 is 29.6 Å². The topological polar surface area (TPSA) is 138 Å². The van der Waals surface area contributed by atoms with Crippen molar-refractivity contribution in [3.8, 4) is 22.9 Å². The number of carboxylic acid groups (broad SMARTS) is 2. The lowest BCUT2D eigenvalue weighted by atomic mass is 9.88. The summed E-state index contributed by atoms with van der Waals surface area (Å²) >= 11 is 1.69. The Bertz CT molecular complexity index is 2020. The highest BCUT2D eigenvalue weighted by atomic mass is 32.2. The van der Waals surface area contributed by atoms with E-state index in [0.717, 1.165) is 38.2 Å². The average Bonchev–Trinajstić information content (AvgIpc) is 3.62. The molecule has 0 radical (unpaired) electrons. The zero-order valence-electron chi connectivity index (χ0n) is 29.1. The number of aromatic nitrogens is 3. The van der Waals surface area contributed by atoms with Crippen LogP contribution in [0, 0.1) is 5.41 Å². The Morgan fingerprint density at radius 2 is 1.72 bits per heavy atom. The maximum atomic E-state index is 12.7. The predicted molar refractivity (Wildman–Crippen MR) is 196 cm³/mol. The zero-order valence-corrected chi connectivity index (χ0v) is 29.9. The summed E-state index contributed by atoms with van der Waals surface area (Å²) in [5.41, 5.74) is 4.99. The molecular weight excluding hydrogens is 653 g/mol. The van der Waals surface area contributed by atoms with Crippen LogP contribution in [0.5, 0.6) is 11.6 Å². The number of fused-ring (bicyclic) bond motifs is 2. The Balaban J connectivity index is 1.37. The van der Waals surface area contributed by atoms with Crippen LogP contribution in [0.25, 0.3) is 22.2 Å². The molecule has 3 heterocycles. The number of anilines is 1. The van der Waals surface area contributed by atoms with E-state index in [1.54, 1.807) is 38.8 Å². The number of amides is 1. The van der Waals surface area contributed by atoms with Crippen LogP contribution in [-0.2, 0) is 24.1 Å². The summed E-state index contributed by atoms with van der Waals surface area (Å²) in [6.45, 7) is 9.85. The number of hydrogen-bond donors (Lipinski definition) is 3. The van der Waals surface area contributed by atoms with Crippen molar-refractivity contribution in [1.29, 1.82) is 0 Å². The van der Waals surface area contributed by atoms with Gasteiger partial charge in [-0.25, -0.2) is 4.79 Å². The number of benzene rings is 3. The fraction of sp³-hybridized carbons (Fsp3) is 0.333. The number of nitrogens with one attached hydrogen (secondary N) is 1. The van der Waals surface area contributed by atoms with Gasteiger partial charge in [0, 0.05) is 50.7 Å². The van der Waals surface area contributed by atoms with E-state index in [9.17, 15) is 19.8 Å². The molecule has 1 aliphatic heterocycles. The SMILES string of the molecule is COc1ccc(-c2ccc(CC(Oc3ccc4[nH]c(CC(C)(C)C(=O)O)c(SC(C)(C)C)c4c3)[C@@H]3Cc4ccccc4N3C(=O)O)cc2)nn1. The highest BCUT2D eigenvalue weighted by Crippen LogP contribution is 2.43. The van der Waals surface area contributed by atoms with E-state index >= 15 is 0 Å². The van der Waals surface area contributed by atoms with E-state index in [-0.39, 0.29) is 4.75 Å². The molecule has 6 rings (SSSR count). The fourth-order valence-corrected chi connectivity index (χ4v) is 7.49. The quantitative estimate of drug-likeness (QED) is 0.117. The number of H-pyrrole nitrogens is 1. The first-order valence-corrected chi connectivity index (χ1v) is 17.3. The van der Waals surface area contributed by atoms with Gasteiger partial charge in [0.15, 0.2) is 0 Å². The van der Waals surface area contributed by atoms with Gasteiger partial charge in [0.2, 0.25) is 5.88 Å². The molecule has 0 aliphatic carbocycles. The minimum atomic E-state index is -1.03. The van der Waals surface area contributed by atoms with Crippen molar-refractivity contribution in [3.05, 3.63) is 95.7 Å². The third-order valence-electron chi connectivity index (χ3n) is 8.87. The normalized spacial score (nSPS) is 15.2. The number of hydrogen-bond acceptors (Lipinski definition) is 7. The van der Waals surface area contributed by atoms with Gasteiger partial charge >= 0.3 is 12.1 Å². The van der Waals surface area contributed by atoms with Crippen molar-refractivity contribution < 1.29 is 29.3 Å². The van der Waals surface area contributed by atoms with Crippen molar-refractivity contribution in [2.75, 3.05) is 12.0 Å². The van der Waals surface area contributed by atoms with Gasteiger partial charge in [0.05, 0.1) is 29.9 Å². The third-order valence-corrected chi connectivity index (χ3v) is 10.2. The zero-order chi connectivity index (χ0) is 35.8. The highest BCUT2D eigenvalue weighted by molar-refractivity contribution is 8.00. The van der Waals surface area contributed by atoms with Crippen molar-refractivity contribution in [3.63, 3.8) is 0 Å². The fourth-order valence-electron chi connectivity index (χ4n) is 6.35. The number of para-hydroxylation sites is 1. The summed E-state index contributed by atoms with van der Waals surface area (Å²) in [5, 5.41) is 29.6. The number of rotatable bonds is 11. The maximum absolute atomic E-state index is 12.7. The molecule has 1 unspecified atom stereocenters. The van der Waals surface area contributed by atoms with Crippen LogP contribution in [0.4, 0.5) is 10.5 Å². The largest absolute Gasteiger partial charge is 0.488 e. The number of thioether (sulfide) groups is 1. The van der Waals surface area contributed by atoms with E-state index in [2.05, 4.69) is 36.0 Å². The molecule has 3 N–H and O–H groups in total. The Morgan fingerprint density at radius 3 is 2.36 bits per heavy atom. The minimum absolute atomic E-state index is 0.141. The predicted octanol–water partition coefficient (Wildman–Crippen LogP) is 8.28. The summed E-state index contributed by atoms with van der Waals surface area (Å²) < 4.78 is 11.8. The average molecular weight is 695 g/mol. The molecule has 5 aromatic rings. The number of carbonyl (C=O) groups is 2. The first-order valence-electron chi connectivity index (χ1n) is 16.5. The molecule has 260 valence electrons. The standard InChI is InChI=1S/C39H42N4O6S/c1-38(2,3)50-35-27-21-26(15-16-29(27)40-30(35)22-39(4,5)36(44)45)49-33(32-20-25-9-7-8-10-31(25)43(32)37(46)47)19-23-11-13-24(14-12-23)28-17-18-34(48-6)42-41-28/h7-18,21,32-33,40H,19-20,22H2,1-6H3,(H,44,45)(H,46,47)/t32-,33?/m0/s1. The van der Waals surface area contributed by atoms with E-state index in [4.69, 9.17) is 9.47 Å². The highest BCUT2D eigenvalue weighted by Gasteiger charge is 2.40. The molecule has 0 saturated carbocycles. The van der Waals surface area contributed by atoms with E-state index in [0.29, 0.717) is 42.3 Å². The van der Waals surface area contributed by atoms with Gasteiger partial charge in [-0.3, -0.25) is 9.69 Å². The Morgan fingerprint density at radius 1 is 0.980 bits per heavy atom. The molecule has 3 aromatic carbocycles. The van der Waals surface area contributed by atoms with Gasteiger partial charge in [-0.1, -0.05) is 63.2 Å². The van der Waals surface area contributed by atoms with Gasteiger partial charge < -0.3 is 24.7 Å². The molecule has 0 fully saturated rings. The summed E-state index contributed by atoms with van der Waals surface area (Å²) in [7, 11) is 1.55. The molecule has 1 amide bonds. The number of methoxy groups -OCH3 is 1. The molecule has 0 spiro atoms. The van der Waals surface area contributed by atoms with E-state index in [1.807, 2.05) is 72.8 Å². The molecular formula is C39H42N4O6S. The smallest absolute Gasteiger partial charge is 0.412 e. The van der Waals surface area contributed by atoms with Crippen LogP contribution in [-0.4, -0.2) is 61.5 Å². The lowest BCUT2D eigenvalue weighted by Crippen LogP contribution is -2.48. The van der Waals surface area contributed by atoms with Gasteiger partial charge in [-0.15, -0.1) is 22.0 Å². The number of aliphatic carboxylic acids is 1. The maximum Gasteiger partial charge on any atom is 0.412 e. The summed E-state index contributed by atoms with van der Waals surface area (Å²) in [6, 6.07) is 24.5. The second-order valence-corrected chi connectivity index (χ2v) is 16.1. The number of nitrogens with zero attached hydrogens (tertiary/aromatic N) is 3. The first kappa shape index (κ1) is 34.8. The summed E-state index contributed by atoms with van der Waals surface area (Å²) in [4.78, 5) is 30.7. The molecule has 2 atom stereocenters. The summed E-state index contributed by atoms with van der Waals surface area (Å²) in [6.07, 6.45) is -0.272. The van der Waals surface area contributed by atoms with Gasteiger partial charge in [-0.2, -0.15) is 0 Å². The first-order chi connectivity index (χ1) is 23.7. The molecule has 10 nitrogen and oxygen atoms in total. The van der Waals surface area contributed by atoms with Gasteiger partial charge in [-0.05, 0) is 61.7 Å². The Labute approximate surface area is 295 Å². The Hall–Kier alpha value is -5.03. The number of ether oxygens (including phenoxy) is 2. The monoisotopic (exact) mass is 694 g/mol. The molecule has 2 aromatic heterocycles. The second-order valence-electron chi connectivity index (χ2n) is 14.3. The minimum Gasteiger partial charge on any atom is -0.488 e. The van der Waals surface area contributed by atoms with Crippen LogP contribution in [0.15, 0.2) is 83.8 Å². The number of aromatic amines is 1. The summed E-state index contributed by atoms with van der Waals surface area (Å²) in [5.74, 6) is 0.182. The van der Waals surface area contributed by atoms with E-state index in [1.165, 1.54) is 4.90 Å². The van der Waals surface area contributed by atoms with Crippen molar-refractivity contribution in [2.45, 2.75) is 75.7 Å². The van der Waals surface area contributed by atoms with Crippen molar-refractivity contribution >= 4 is 40.4 Å². The van der Waals surface area contributed by atoms with Crippen LogP contribution >= 0.6 is 11.8 Å². The molecule has 11 heteroatoms. The van der Waals surface area contributed by atoms with Crippen molar-refractivity contribution in [2.24, 2.45) is 5.41 Å². The third kappa shape index (κ3) is 7.42. The van der Waals surface area contributed by atoms with Gasteiger partial charge in [0.1, 0.15) is 11.9 Å². The van der Waals surface area contributed by atoms with Crippen LogP contribution in [0.2, 0.25) is 0 Å². The Kier molecular flexibility index (Phi) is 9.54. The second kappa shape index (κ2) is 13.7. The molecule has 0 saturated heterocycles. The lowest BCUT2D eigenvalue weighted by Gasteiger charge is -2.31. The molecule has 0 bridgehead atoms. The van der Waals surface area contributed by atoms with Gasteiger partial charge in [0.25, 0.3) is 0 Å². The number of carboxylic acids is 1. The molecule has 1 aliphatic rings. The lowest BCUT2D eigenvalue weighted by molar-refractivity contribution is -0.146. The molecule has 50 heavy (non-hydrogen) atoms. The van der Waals surface area contributed by atoms with Crippen LogP contribution in [0.3, 0.4) is 0 Å². The van der Waals surface area contributed by atoms with Crippen LogP contribution in [0.1, 0.15) is 51.4 Å². The van der Waals surface area contributed by atoms with Crippen molar-refractivity contribution in [1.82, 2.24) is 15.2 Å².